The van der Waals surface area contributed by atoms with E-state index < -0.39 is 5.97 Å². The van der Waals surface area contributed by atoms with E-state index in [0.29, 0.717) is 12.3 Å². The molecule has 0 N–H and O–H groups in total. The Labute approximate surface area is 173 Å². The number of benzene rings is 2. The highest BCUT2D eigenvalue weighted by molar-refractivity contribution is 7.09. The van der Waals surface area contributed by atoms with Gasteiger partial charge in [0.2, 0.25) is 0 Å². The molecule has 1 aromatic heterocycles. The third kappa shape index (κ3) is 5.42. The number of aryl methyl sites for hydroxylation is 1. The van der Waals surface area contributed by atoms with Gasteiger partial charge in [-0.25, -0.2) is 9.78 Å². The van der Waals surface area contributed by atoms with E-state index in [2.05, 4.69) is 4.98 Å². The minimum Gasteiger partial charge on any atom is -0.486 e. The van der Waals surface area contributed by atoms with Crippen LogP contribution >= 0.6 is 11.3 Å². The molecule has 7 heteroatoms. The van der Waals surface area contributed by atoms with Crippen molar-refractivity contribution in [3.8, 4) is 5.75 Å². The average molecular weight is 410 g/mol. The minimum absolute atomic E-state index is 0.255. The Morgan fingerprint density at radius 1 is 1.07 bits per heavy atom. The predicted molar refractivity (Wildman–Crippen MR) is 112 cm³/mol. The second kappa shape index (κ2) is 9.84. The van der Waals surface area contributed by atoms with Crippen LogP contribution in [-0.4, -0.2) is 30.0 Å². The number of likely N-dealkylation sites (N-methyl/N-ethyl adjacent to an activating group) is 1. The maximum Gasteiger partial charge on any atom is 0.342 e. The van der Waals surface area contributed by atoms with Crippen LogP contribution in [0.5, 0.6) is 5.75 Å². The smallest absolute Gasteiger partial charge is 0.342 e. The number of ether oxygens (including phenoxy) is 2. The second-order valence-corrected chi connectivity index (χ2v) is 7.25. The summed E-state index contributed by atoms with van der Waals surface area (Å²) in [5.74, 6) is -0.498. The van der Waals surface area contributed by atoms with Gasteiger partial charge in [0.1, 0.15) is 17.9 Å². The lowest BCUT2D eigenvalue weighted by Gasteiger charge is -2.20. The molecule has 0 spiro atoms. The summed E-state index contributed by atoms with van der Waals surface area (Å²) in [6, 6.07) is 16.1. The summed E-state index contributed by atoms with van der Waals surface area (Å²) in [6.07, 6.45) is 0. The Balaban J connectivity index is 1.62. The first-order chi connectivity index (χ1) is 14.1. The first-order valence-corrected chi connectivity index (χ1v) is 10.1. The molecule has 29 heavy (non-hydrogen) atoms. The number of amides is 1. The van der Waals surface area contributed by atoms with Crippen molar-refractivity contribution in [3.63, 3.8) is 0 Å². The van der Waals surface area contributed by atoms with Crippen molar-refractivity contribution in [2.75, 3.05) is 18.1 Å². The Hall–Kier alpha value is -3.19. The van der Waals surface area contributed by atoms with E-state index >= 15 is 0 Å². The lowest BCUT2D eigenvalue weighted by molar-refractivity contribution is -0.121. The summed E-state index contributed by atoms with van der Waals surface area (Å²) in [7, 11) is 0. The molecule has 0 saturated carbocycles. The Morgan fingerprint density at radius 3 is 2.48 bits per heavy atom. The number of rotatable bonds is 8. The van der Waals surface area contributed by atoms with Gasteiger partial charge in [0.15, 0.2) is 6.61 Å². The summed E-state index contributed by atoms with van der Waals surface area (Å²) in [4.78, 5) is 31.0. The van der Waals surface area contributed by atoms with Crippen molar-refractivity contribution in [1.82, 2.24) is 4.98 Å². The predicted octanol–water partition coefficient (Wildman–Crippen LogP) is 4.24. The van der Waals surface area contributed by atoms with Crippen LogP contribution in [-0.2, 0) is 16.1 Å². The lowest BCUT2D eigenvalue weighted by atomic mass is 10.2. The van der Waals surface area contributed by atoms with Crippen LogP contribution in [0.3, 0.4) is 0 Å². The normalized spacial score (nSPS) is 10.4. The summed E-state index contributed by atoms with van der Waals surface area (Å²) in [5.41, 5.74) is 1.83. The molecule has 0 atom stereocenters. The van der Waals surface area contributed by atoms with Gasteiger partial charge < -0.3 is 14.4 Å². The topological polar surface area (TPSA) is 68.7 Å². The monoisotopic (exact) mass is 410 g/mol. The van der Waals surface area contributed by atoms with Crippen LogP contribution in [0.1, 0.15) is 28.0 Å². The van der Waals surface area contributed by atoms with E-state index in [1.807, 2.05) is 49.6 Å². The van der Waals surface area contributed by atoms with Gasteiger partial charge in [0.25, 0.3) is 5.91 Å². The Morgan fingerprint density at radius 2 is 1.79 bits per heavy atom. The number of aromatic nitrogens is 1. The Kier molecular flexibility index (Phi) is 6.97. The van der Waals surface area contributed by atoms with Gasteiger partial charge >= 0.3 is 5.97 Å². The fourth-order valence-electron chi connectivity index (χ4n) is 2.78. The quantitative estimate of drug-likeness (QED) is 0.520. The van der Waals surface area contributed by atoms with E-state index in [1.165, 1.54) is 11.3 Å². The maximum absolute atomic E-state index is 12.5. The van der Waals surface area contributed by atoms with Crippen molar-refractivity contribution in [1.29, 1.82) is 0 Å². The fourth-order valence-corrected chi connectivity index (χ4v) is 3.38. The summed E-state index contributed by atoms with van der Waals surface area (Å²) in [6.45, 7) is 4.18. The molecule has 0 fully saturated rings. The molecule has 0 bridgehead atoms. The minimum atomic E-state index is -0.604. The van der Waals surface area contributed by atoms with Gasteiger partial charge in [0, 0.05) is 17.6 Å². The van der Waals surface area contributed by atoms with Crippen LogP contribution in [0.15, 0.2) is 60.0 Å². The summed E-state index contributed by atoms with van der Waals surface area (Å²) < 4.78 is 11.0. The fraction of sp³-hybridized carbons (Fsp3) is 0.227. The van der Waals surface area contributed by atoms with Crippen molar-refractivity contribution in [2.45, 2.75) is 20.5 Å². The lowest BCUT2D eigenvalue weighted by Crippen LogP contribution is -2.34. The van der Waals surface area contributed by atoms with E-state index in [9.17, 15) is 9.59 Å². The number of carbonyl (C=O) groups excluding carboxylic acids is 2. The first kappa shape index (κ1) is 20.5. The maximum atomic E-state index is 12.5. The van der Waals surface area contributed by atoms with Gasteiger partial charge in [0.05, 0.1) is 10.7 Å². The number of carbonyl (C=O) groups is 2. The Bertz CT molecular complexity index is 972. The summed E-state index contributed by atoms with van der Waals surface area (Å²) in [5, 5.41) is 2.87. The van der Waals surface area contributed by atoms with Crippen LogP contribution in [0.4, 0.5) is 5.69 Å². The third-order valence-electron chi connectivity index (χ3n) is 4.16. The molecule has 0 saturated heterocycles. The molecule has 0 unspecified atom stereocenters. The number of thiazole rings is 1. The molecular formula is C22H22N2O4S. The number of nitrogens with zero attached hydrogens (tertiary/aromatic N) is 2. The van der Waals surface area contributed by atoms with Crippen LogP contribution in [0.2, 0.25) is 0 Å². The molecule has 3 aromatic rings. The number of para-hydroxylation sites is 2. The van der Waals surface area contributed by atoms with E-state index in [1.54, 1.807) is 29.2 Å². The number of esters is 1. The zero-order valence-electron chi connectivity index (χ0n) is 16.3. The van der Waals surface area contributed by atoms with Gasteiger partial charge in [-0.05, 0) is 38.1 Å². The SMILES string of the molecule is CCN(C(=O)COC(=O)c1ccccc1OCc1csc(C)n1)c1ccccc1. The molecule has 1 amide bonds. The second-order valence-electron chi connectivity index (χ2n) is 6.19. The van der Waals surface area contributed by atoms with Crippen LogP contribution in [0.25, 0.3) is 0 Å². The van der Waals surface area contributed by atoms with E-state index in [-0.39, 0.29) is 24.7 Å². The molecular weight excluding hydrogens is 388 g/mol. The van der Waals surface area contributed by atoms with E-state index in [4.69, 9.17) is 9.47 Å². The molecule has 0 radical (unpaired) electrons. The highest BCUT2D eigenvalue weighted by Gasteiger charge is 2.19. The van der Waals surface area contributed by atoms with Gasteiger partial charge in [-0.1, -0.05) is 30.3 Å². The zero-order chi connectivity index (χ0) is 20.6. The van der Waals surface area contributed by atoms with Crippen LogP contribution in [0, 0.1) is 6.92 Å². The van der Waals surface area contributed by atoms with Crippen LogP contribution < -0.4 is 9.64 Å². The third-order valence-corrected chi connectivity index (χ3v) is 4.98. The van der Waals surface area contributed by atoms with Gasteiger partial charge in [-0.15, -0.1) is 11.3 Å². The van der Waals surface area contributed by atoms with Gasteiger partial charge in [-0.2, -0.15) is 0 Å². The molecule has 150 valence electrons. The van der Waals surface area contributed by atoms with Crippen molar-refractivity contribution >= 4 is 28.9 Å². The van der Waals surface area contributed by atoms with Gasteiger partial charge in [-0.3, -0.25) is 4.79 Å². The number of anilines is 1. The van der Waals surface area contributed by atoms with E-state index in [0.717, 1.165) is 16.4 Å². The number of hydrogen-bond acceptors (Lipinski definition) is 6. The van der Waals surface area contributed by atoms with Crippen molar-refractivity contribution in [3.05, 3.63) is 76.2 Å². The summed E-state index contributed by atoms with van der Waals surface area (Å²) >= 11 is 1.54. The first-order valence-electron chi connectivity index (χ1n) is 9.24. The highest BCUT2D eigenvalue weighted by Crippen LogP contribution is 2.21. The van der Waals surface area contributed by atoms with Crippen molar-refractivity contribution < 1.29 is 19.1 Å². The molecule has 0 aliphatic carbocycles. The molecule has 0 aliphatic rings. The zero-order valence-corrected chi connectivity index (χ0v) is 17.1. The number of hydrogen-bond donors (Lipinski definition) is 0. The molecule has 3 rings (SSSR count). The van der Waals surface area contributed by atoms with Crippen molar-refractivity contribution in [2.24, 2.45) is 0 Å². The molecule has 6 nitrogen and oxygen atoms in total. The largest absolute Gasteiger partial charge is 0.486 e. The standard InChI is InChI=1S/C22H22N2O4S/c1-3-24(18-9-5-4-6-10-18)21(25)14-28-22(26)19-11-7-8-12-20(19)27-13-17-15-29-16(2)23-17/h4-12,15H,3,13-14H2,1-2H3. The molecule has 2 aromatic carbocycles. The molecule has 1 heterocycles. The molecule has 0 aliphatic heterocycles. The highest BCUT2D eigenvalue weighted by atomic mass is 32.1. The average Bonchev–Trinajstić information content (AvgIpc) is 3.17.